The Kier molecular flexibility index (Phi) is 8.85. The van der Waals surface area contributed by atoms with E-state index in [2.05, 4.69) is 22.8 Å². The highest BCUT2D eigenvalue weighted by molar-refractivity contribution is 7.98. The van der Waals surface area contributed by atoms with Gasteiger partial charge in [0.05, 0.1) is 0 Å². The second-order valence-electron chi connectivity index (χ2n) is 7.80. The van der Waals surface area contributed by atoms with E-state index < -0.39 is 11.8 Å². The van der Waals surface area contributed by atoms with E-state index in [1.54, 1.807) is 54.2 Å². The number of nitrogens with one attached hydrogen (secondary N) is 2. The first-order valence-electron chi connectivity index (χ1n) is 11.1. The molecule has 0 unspecified atom stereocenters. The lowest BCUT2D eigenvalue weighted by Crippen LogP contribution is -2.30. The minimum atomic E-state index is -0.477. The molecule has 36 heavy (non-hydrogen) atoms. The molecule has 0 aliphatic rings. The molecule has 7 heteroatoms. The van der Waals surface area contributed by atoms with E-state index in [0.717, 1.165) is 10.6 Å². The molecule has 0 atom stereocenters. The number of anilines is 1. The highest BCUT2D eigenvalue weighted by Gasteiger charge is 2.16. The van der Waals surface area contributed by atoms with Crippen LogP contribution in [-0.4, -0.2) is 11.8 Å². The van der Waals surface area contributed by atoms with Crippen molar-refractivity contribution in [3.8, 4) is 0 Å². The third kappa shape index (κ3) is 7.25. The lowest BCUT2D eigenvalue weighted by Gasteiger charge is -2.12. The Labute approximate surface area is 224 Å². The van der Waals surface area contributed by atoms with Gasteiger partial charge in [-0.3, -0.25) is 9.59 Å². The van der Waals surface area contributed by atoms with E-state index >= 15 is 0 Å². The molecule has 4 aromatic rings. The summed E-state index contributed by atoms with van der Waals surface area (Å²) in [5.74, 6) is -0.0305. The molecule has 2 N–H and O–H groups in total. The number of carbonyl (C=O) groups is 2. The Bertz CT molecular complexity index is 1380. The van der Waals surface area contributed by atoms with Gasteiger partial charge in [-0.25, -0.2) is 0 Å². The van der Waals surface area contributed by atoms with Gasteiger partial charge in [0.15, 0.2) is 0 Å². The number of rotatable bonds is 8. The Hall–Kier alpha value is -3.51. The average molecular weight is 533 g/mol. The quantitative estimate of drug-likeness (QED) is 0.180. The van der Waals surface area contributed by atoms with Crippen molar-refractivity contribution >= 4 is 58.5 Å². The topological polar surface area (TPSA) is 58.2 Å². The van der Waals surface area contributed by atoms with Gasteiger partial charge in [0.25, 0.3) is 11.8 Å². The lowest BCUT2D eigenvalue weighted by molar-refractivity contribution is -0.113. The number of thioether (sulfide) groups is 1. The summed E-state index contributed by atoms with van der Waals surface area (Å²) in [5.41, 5.74) is 2.87. The third-order valence-corrected chi connectivity index (χ3v) is 6.80. The number of hydrogen-bond donors (Lipinski definition) is 2. The summed E-state index contributed by atoms with van der Waals surface area (Å²) in [7, 11) is 0. The van der Waals surface area contributed by atoms with Gasteiger partial charge in [-0.1, -0.05) is 77.8 Å². The number of carbonyl (C=O) groups excluding carboxylic acids is 2. The van der Waals surface area contributed by atoms with Crippen LogP contribution in [0.2, 0.25) is 10.0 Å². The lowest BCUT2D eigenvalue weighted by atomic mass is 10.1. The number of halogens is 2. The highest BCUT2D eigenvalue weighted by Crippen LogP contribution is 2.25. The van der Waals surface area contributed by atoms with Crippen molar-refractivity contribution in [2.24, 2.45) is 0 Å². The maximum atomic E-state index is 13.2. The Morgan fingerprint density at radius 1 is 0.806 bits per heavy atom. The summed E-state index contributed by atoms with van der Waals surface area (Å²) in [6.45, 7) is 0. The van der Waals surface area contributed by atoms with Crippen LogP contribution >= 0.6 is 35.0 Å². The zero-order valence-electron chi connectivity index (χ0n) is 19.1. The van der Waals surface area contributed by atoms with Crippen LogP contribution in [0.4, 0.5) is 5.69 Å². The SMILES string of the molecule is O=C(Nc1ccc(SCc2ccccc2)cc1)/C(=C/c1ccc(Cl)cc1Cl)NC(=O)c1ccccc1. The molecule has 0 saturated carbocycles. The van der Waals surface area contributed by atoms with Gasteiger partial charge < -0.3 is 10.6 Å². The van der Waals surface area contributed by atoms with Gasteiger partial charge in [0.1, 0.15) is 5.70 Å². The van der Waals surface area contributed by atoms with Crippen LogP contribution < -0.4 is 10.6 Å². The molecule has 0 aromatic heterocycles. The molecule has 180 valence electrons. The molecule has 4 aromatic carbocycles. The fourth-order valence-electron chi connectivity index (χ4n) is 3.29. The smallest absolute Gasteiger partial charge is 0.272 e. The van der Waals surface area contributed by atoms with Crippen molar-refractivity contribution in [1.82, 2.24) is 5.32 Å². The summed E-state index contributed by atoms with van der Waals surface area (Å²) < 4.78 is 0. The molecule has 4 rings (SSSR count). The average Bonchev–Trinajstić information content (AvgIpc) is 2.90. The number of benzene rings is 4. The van der Waals surface area contributed by atoms with Crippen LogP contribution in [0.1, 0.15) is 21.5 Å². The Morgan fingerprint density at radius 3 is 2.14 bits per heavy atom. The molecule has 0 fully saturated rings. The maximum Gasteiger partial charge on any atom is 0.272 e. The van der Waals surface area contributed by atoms with Crippen molar-refractivity contribution in [3.05, 3.63) is 136 Å². The predicted molar refractivity (Wildman–Crippen MR) is 149 cm³/mol. The second kappa shape index (κ2) is 12.5. The van der Waals surface area contributed by atoms with Crippen LogP contribution in [-0.2, 0) is 10.5 Å². The third-order valence-electron chi connectivity index (χ3n) is 5.15. The molecule has 4 nitrogen and oxygen atoms in total. The van der Waals surface area contributed by atoms with Crippen LogP contribution in [0.25, 0.3) is 6.08 Å². The van der Waals surface area contributed by atoms with E-state index in [9.17, 15) is 9.59 Å². The summed E-state index contributed by atoms with van der Waals surface area (Å²) in [4.78, 5) is 27.1. The van der Waals surface area contributed by atoms with E-state index in [1.165, 1.54) is 11.6 Å². The van der Waals surface area contributed by atoms with Crippen molar-refractivity contribution in [1.29, 1.82) is 0 Å². The van der Waals surface area contributed by atoms with Crippen LogP contribution in [0.15, 0.2) is 114 Å². The first-order valence-corrected chi connectivity index (χ1v) is 12.8. The zero-order valence-corrected chi connectivity index (χ0v) is 21.4. The molecule has 0 spiro atoms. The number of amides is 2. The number of hydrogen-bond acceptors (Lipinski definition) is 3. The normalized spacial score (nSPS) is 11.1. The summed E-state index contributed by atoms with van der Waals surface area (Å²) >= 11 is 14.0. The van der Waals surface area contributed by atoms with Gasteiger partial charge in [0, 0.05) is 31.9 Å². The molecule has 0 bridgehead atoms. The van der Waals surface area contributed by atoms with Crippen LogP contribution in [0.5, 0.6) is 0 Å². The highest BCUT2D eigenvalue weighted by atomic mass is 35.5. The van der Waals surface area contributed by atoms with Crippen molar-refractivity contribution in [2.45, 2.75) is 10.6 Å². The molecule has 0 radical (unpaired) electrons. The fraction of sp³-hybridized carbons (Fsp3) is 0.0345. The van der Waals surface area contributed by atoms with E-state index in [-0.39, 0.29) is 5.70 Å². The first kappa shape index (κ1) is 25.6. The van der Waals surface area contributed by atoms with E-state index in [0.29, 0.717) is 26.9 Å². The van der Waals surface area contributed by atoms with Gasteiger partial charge in [-0.2, -0.15) is 0 Å². The summed E-state index contributed by atoms with van der Waals surface area (Å²) in [5, 5.41) is 6.39. The fourth-order valence-corrected chi connectivity index (χ4v) is 4.61. The largest absolute Gasteiger partial charge is 0.321 e. The molecular formula is C29H22Cl2N2O2S. The van der Waals surface area contributed by atoms with Gasteiger partial charge >= 0.3 is 0 Å². The van der Waals surface area contributed by atoms with Gasteiger partial charge in [0.2, 0.25) is 0 Å². The first-order chi connectivity index (χ1) is 17.5. The van der Waals surface area contributed by atoms with Crippen molar-refractivity contribution < 1.29 is 9.59 Å². The standard InChI is InChI=1S/C29H22Cl2N2O2S/c30-23-12-11-22(26(31)18-23)17-27(33-28(34)21-9-5-2-6-10-21)29(35)32-24-13-15-25(16-14-24)36-19-20-7-3-1-4-8-20/h1-18H,19H2,(H,32,35)(H,33,34)/b27-17-. The molecule has 0 saturated heterocycles. The second-order valence-corrected chi connectivity index (χ2v) is 9.69. The molecule has 2 amide bonds. The van der Waals surface area contributed by atoms with E-state index in [1.807, 2.05) is 48.5 Å². The van der Waals surface area contributed by atoms with Gasteiger partial charge in [-0.15, -0.1) is 11.8 Å². The Morgan fingerprint density at radius 2 is 1.47 bits per heavy atom. The van der Waals surface area contributed by atoms with Crippen molar-refractivity contribution in [2.75, 3.05) is 5.32 Å². The monoisotopic (exact) mass is 532 g/mol. The van der Waals surface area contributed by atoms with E-state index in [4.69, 9.17) is 23.2 Å². The van der Waals surface area contributed by atoms with Crippen LogP contribution in [0.3, 0.4) is 0 Å². The summed E-state index contributed by atoms with van der Waals surface area (Å²) in [6, 6.07) is 31.4. The minimum absolute atomic E-state index is 0.0515. The van der Waals surface area contributed by atoms with Crippen LogP contribution in [0, 0.1) is 0 Å². The minimum Gasteiger partial charge on any atom is -0.321 e. The van der Waals surface area contributed by atoms with Crippen molar-refractivity contribution in [3.63, 3.8) is 0 Å². The zero-order chi connectivity index (χ0) is 25.3. The Balaban J connectivity index is 1.50. The predicted octanol–water partition coefficient (Wildman–Crippen LogP) is 7.70. The molecular weight excluding hydrogens is 511 g/mol. The molecule has 0 heterocycles. The molecule has 0 aliphatic carbocycles. The summed E-state index contributed by atoms with van der Waals surface area (Å²) in [6.07, 6.45) is 1.53. The molecule has 0 aliphatic heterocycles. The maximum absolute atomic E-state index is 13.2. The van der Waals surface area contributed by atoms with Gasteiger partial charge in [-0.05, 0) is 65.7 Å².